The molecule has 0 unspecified atom stereocenters. The Balaban J connectivity index is 2.82. The molecule has 0 aromatic carbocycles. The average Bonchev–Trinajstić information content (AvgIpc) is 1.92. The Labute approximate surface area is 53.4 Å². The van der Waals surface area contributed by atoms with Crippen LogP contribution in [0.15, 0.2) is 20.4 Å². The SMILES string of the molecule is CC1(C)C=NN=CN=N1. The second-order valence-corrected chi connectivity index (χ2v) is 2.34. The first-order chi connectivity index (χ1) is 4.21. The molecular weight excluding hydrogens is 116 g/mol. The molecule has 0 radical (unpaired) electrons. The Morgan fingerprint density at radius 3 is 2.78 bits per heavy atom. The summed E-state index contributed by atoms with van der Waals surface area (Å²) < 4.78 is 0. The van der Waals surface area contributed by atoms with Crippen molar-refractivity contribution >= 4 is 12.6 Å². The molecule has 0 atom stereocenters. The molecule has 0 spiro atoms. The Bertz CT molecular complexity index is 159. The standard InChI is InChI=1S/C5H8N4/c1-5(2)3-6-7-4-8-9-5/h3-4H,1-2H3. The van der Waals surface area contributed by atoms with Crippen molar-refractivity contribution in [3.63, 3.8) is 0 Å². The molecular formula is C5H8N4. The van der Waals surface area contributed by atoms with E-state index in [0.717, 1.165) is 0 Å². The number of hydrogen-bond donors (Lipinski definition) is 0. The lowest BCUT2D eigenvalue weighted by molar-refractivity contribution is 0.681. The van der Waals surface area contributed by atoms with Gasteiger partial charge >= 0.3 is 0 Å². The summed E-state index contributed by atoms with van der Waals surface area (Å²) >= 11 is 0. The van der Waals surface area contributed by atoms with Crippen molar-refractivity contribution in [1.29, 1.82) is 0 Å². The van der Waals surface area contributed by atoms with Gasteiger partial charge in [-0.25, -0.2) is 0 Å². The number of nitrogens with zero attached hydrogens (tertiary/aromatic N) is 4. The molecule has 1 rings (SSSR count). The lowest BCUT2D eigenvalue weighted by atomic mass is 10.1. The minimum absolute atomic E-state index is 0.295. The molecule has 4 nitrogen and oxygen atoms in total. The third kappa shape index (κ3) is 1.71. The first-order valence-corrected chi connectivity index (χ1v) is 2.69. The van der Waals surface area contributed by atoms with Gasteiger partial charge in [0, 0.05) is 0 Å². The number of rotatable bonds is 0. The maximum absolute atomic E-state index is 3.88. The second kappa shape index (κ2) is 2.05. The van der Waals surface area contributed by atoms with E-state index in [1.807, 2.05) is 13.8 Å². The molecule has 1 heterocycles. The summed E-state index contributed by atoms with van der Waals surface area (Å²) in [7, 11) is 0. The number of hydrogen-bond acceptors (Lipinski definition) is 4. The molecule has 0 saturated carbocycles. The van der Waals surface area contributed by atoms with Crippen molar-refractivity contribution < 1.29 is 0 Å². The topological polar surface area (TPSA) is 49.4 Å². The van der Waals surface area contributed by atoms with Crippen LogP contribution in [0.2, 0.25) is 0 Å². The fourth-order valence-corrected chi connectivity index (χ4v) is 0.428. The second-order valence-electron chi connectivity index (χ2n) is 2.34. The smallest absolute Gasteiger partial charge is 0.160 e. The van der Waals surface area contributed by atoms with E-state index in [-0.39, 0.29) is 5.54 Å². The van der Waals surface area contributed by atoms with E-state index in [1.165, 1.54) is 6.34 Å². The zero-order chi connectivity index (χ0) is 6.74. The number of azo groups is 1. The normalized spacial score (nSPS) is 22.0. The van der Waals surface area contributed by atoms with Gasteiger partial charge in [-0.15, -0.1) is 10.2 Å². The zero-order valence-corrected chi connectivity index (χ0v) is 5.44. The molecule has 48 valence electrons. The van der Waals surface area contributed by atoms with E-state index in [4.69, 9.17) is 0 Å². The molecule has 1 aliphatic heterocycles. The van der Waals surface area contributed by atoms with Crippen molar-refractivity contribution in [1.82, 2.24) is 0 Å². The minimum Gasteiger partial charge on any atom is -0.176 e. The molecule has 0 aromatic heterocycles. The van der Waals surface area contributed by atoms with Crippen LogP contribution in [0.1, 0.15) is 13.8 Å². The highest BCUT2D eigenvalue weighted by molar-refractivity contribution is 5.71. The highest BCUT2D eigenvalue weighted by Crippen LogP contribution is 2.06. The molecule has 9 heavy (non-hydrogen) atoms. The molecule has 0 fully saturated rings. The van der Waals surface area contributed by atoms with E-state index >= 15 is 0 Å². The maximum Gasteiger partial charge on any atom is 0.160 e. The van der Waals surface area contributed by atoms with Crippen LogP contribution < -0.4 is 0 Å². The van der Waals surface area contributed by atoms with Crippen LogP contribution in [-0.4, -0.2) is 18.1 Å². The van der Waals surface area contributed by atoms with Crippen LogP contribution in [-0.2, 0) is 0 Å². The molecule has 1 aliphatic rings. The van der Waals surface area contributed by atoms with E-state index in [2.05, 4.69) is 20.4 Å². The van der Waals surface area contributed by atoms with E-state index < -0.39 is 0 Å². The highest BCUT2D eigenvalue weighted by atomic mass is 15.3. The average molecular weight is 124 g/mol. The molecule has 0 bridgehead atoms. The summed E-state index contributed by atoms with van der Waals surface area (Å²) in [4.78, 5) is 0. The lowest BCUT2D eigenvalue weighted by Crippen LogP contribution is -2.16. The van der Waals surface area contributed by atoms with Gasteiger partial charge in [0.05, 0.1) is 6.21 Å². The maximum atomic E-state index is 3.88. The molecule has 0 saturated heterocycles. The highest BCUT2D eigenvalue weighted by Gasteiger charge is 2.12. The van der Waals surface area contributed by atoms with Crippen molar-refractivity contribution in [3.8, 4) is 0 Å². The van der Waals surface area contributed by atoms with Gasteiger partial charge in [-0.3, -0.25) is 0 Å². The molecule has 0 amide bonds. The minimum atomic E-state index is -0.295. The molecule has 0 N–H and O–H groups in total. The van der Waals surface area contributed by atoms with Gasteiger partial charge in [-0.1, -0.05) is 0 Å². The summed E-state index contributed by atoms with van der Waals surface area (Å²) in [6, 6.07) is 0. The summed E-state index contributed by atoms with van der Waals surface area (Å²) in [5.41, 5.74) is -0.295. The molecule has 0 aromatic rings. The Morgan fingerprint density at radius 2 is 2.00 bits per heavy atom. The third-order valence-electron chi connectivity index (χ3n) is 0.859. The predicted molar refractivity (Wildman–Crippen MR) is 35.9 cm³/mol. The van der Waals surface area contributed by atoms with E-state index in [0.29, 0.717) is 0 Å². The Morgan fingerprint density at radius 1 is 1.22 bits per heavy atom. The van der Waals surface area contributed by atoms with Gasteiger partial charge < -0.3 is 0 Å². The first kappa shape index (κ1) is 6.07. The van der Waals surface area contributed by atoms with Gasteiger partial charge in [-0.2, -0.15) is 10.2 Å². The van der Waals surface area contributed by atoms with Gasteiger partial charge in [0.1, 0.15) is 5.54 Å². The lowest BCUT2D eigenvalue weighted by Gasteiger charge is -2.06. The Kier molecular flexibility index (Phi) is 1.38. The van der Waals surface area contributed by atoms with Gasteiger partial charge in [0.2, 0.25) is 0 Å². The quantitative estimate of drug-likeness (QED) is 0.466. The van der Waals surface area contributed by atoms with Gasteiger partial charge in [0.15, 0.2) is 6.34 Å². The van der Waals surface area contributed by atoms with Crippen molar-refractivity contribution in [2.45, 2.75) is 19.4 Å². The largest absolute Gasteiger partial charge is 0.176 e. The Hall–Kier alpha value is -1.06. The van der Waals surface area contributed by atoms with Crippen LogP contribution in [0.3, 0.4) is 0 Å². The van der Waals surface area contributed by atoms with Crippen molar-refractivity contribution in [2.75, 3.05) is 0 Å². The summed E-state index contributed by atoms with van der Waals surface area (Å²) in [5, 5.41) is 14.7. The zero-order valence-electron chi connectivity index (χ0n) is 5.44. The van der Waals surface area contributed by atoms with Crippen LogP contribution >= 0.6 is 0 Å². The van der Waals surface area contributed by atoms with Crippen molar-refractivity contribution in [2.24, 2.45) is 20.4 Å². The van der Waals surface area contributed by atoms with Crippen LogP contribution in [0.5, 0.6) is 0 Å². The van der Waals surface area contributed by atoms with Crippen LogP contribution in [0.4, 0.5) is 0 Å². The fourth-order valence-electron chi connectivity index (χ4n) is 0.428. The predicted octanol–water partition coefficient (Wildman–Crippen LogP) is 1.24. The van der Waals surface area contributed by atoms with Gasteiger partial charge in [-0.05, 0) is 13.8 Å². The van der Waals surface area contributed by atoms with Crippen LogP contribution in [0, 0.1) is 0 Å². The molecule has 4 heteroatoms. The van der Waals surface area contributed by atoms with E-state index in [9.17, 15) is 0 Å². The summed E-state index contributed by atoms with van der Waals surface area (Å²) in [6.07, 6.45) is 2.98. The first-order valence-electron chi connectivity index (χ1n) is 2.69. The fraction of sp³-hybridized carbons (Fsp3) is 0.600. The third-order valence-corrected chi connectivity index (χ3v) is 0.859. The van der Waals surface area contributed by atoms with E-state index in [1.54, 1.807) is 6.21 Å². The summed E-state index contributed by atoms with van der Waals surface area (Å²) in [5.74, 6) is 0. The molecule has 0 aliphatic carbocycles. The van der Waals surface area contributed by atoms with Crippen LogP contribution in [0.25, 0.3) is 0 Å². The monoisotopic (exact) mass is 124 g/mol. The summed E-state index contributed by atoms with van der Waals surface area (Å²) in [6.45, 7) is 3.82. The van der Waals surface area contributed by atoms with Crippen molar-refractivity contribution in [3.05, 3.63) is 0 Å². The van der Waals surface area contributed by atoms with Gasteiger partial charge in [0.25, 0.3) is 0 Å².